The highest BCUT2D eigenvalue weighted by Crippen LogP contribution is 2.35. The third-order valence-electron chi connectivity index (χ3n) is 5.86. The van der Waals surface area contributed by atoms with Crippen molar-refractivity contribution in [2.24, 2.45) is 5.41 Å². The van der Waals surface area contributed by atoms with Gasteiger partial charge in [-0.3, -0.25) is 4.79 Å². The first kappa shape index (κ1) is 18.9. The Morgan fingerprint density at radius 1 is 1.04 bits per heavy atom. The Bertz CT molecular complexity index is 811. The Morgan fingerprint density at radius 3 is 2.39 bits per heavy atom. The summed E-state index contributed by atoms with van der Waals surface area (Å²) in [5.41, 5.74) is 3.11. The highest BCUT2D eigenvalue weighted by atomic mass is 16.5. The molecule has 2 aromatic rings. The molecule has 0 bridgehead atoms. The van der Waals surface area contributed by atoms with Crippen LogP contribution < -0.4 is 4.90 Å². The molecule has 1 amide bonds. The number of carbonyl (C=O) groups excluding carboxylic acids is 1. The average molecular weight is 380 g/mol. The molecule has 6 nitrogen and oxygen atoms in total. The summed E-state index contributed by atoms with van der Waals surface area (Å²) < 4.78 is 5.95. The molecule has 0 N–H and O–H groups in total. The molecule has 0 saturated carbocycles. The number of ether oxygens (including phenoxy) is 1. The zero-order valence-corrected chi connectivity index (χ0v) is 16.7. The van der Waals surface area contributed by atoms with Crippen molar-refractivity contribution in [2.75, 3.05) is 44.3 Å². The summed E-state index contributed by atoms with van der Waals surface area (Å²) in [6.45, 7) is 8.71. The van der Waals surface area contributed by atoms with E-state index in [1.165, 1.54) is 0 Å². The first-order valence-electron chi connectivity index (χ1n) is 10.0. The number of likely N-dealkylation sites (tertiary alicyclic amines) is 1. The molecule has 0 radical (unpaired) electrons. The van der Waals surface area contributed by atoms with Crippen LogP contribution in [0.4, 0.5) is 5.95 Å². The maximum atomic E-state index is 13.0. The van der Waals surface area contributed by atoms with Gasteiger partial charge in [-0.1, -0.05) is 17.2 Å². The van der Waals surface area contributed by atoms with Crippen LogP contribution >= 0.6 is 0 Å². The molecule has 2 saturated heterocycles. The summed E-state index contributed by atoms with van der Waals surface area (Å²) in [6, 6.07) is 7.92. The molecule has 3 heterocycles. The van der Waals surface area contributed by atoms with Crippen LogP contribution in [-0.2, 0) is 4.74 Å². The van der Waals surface area contributed by atoms with Gasteiger partial charge in [0.25, 0.3) is 5.91 Å². The van der Waals surface area contributed by atoms with Crippen molar-refractivity contribution in [2.45, 2.75) is 26.7 Å². The van der Waals surface area contributed by atoms with E-state index < -0.39 is 0 Å². The fraction of sp³-hybridized carbons (Fsp3) is 0.500. The lowest BCUT2D eigenvalue weighted by Crippen LogP contribution is -2.49. The Hall–Kier alpha value is -2.47. The van der Waals surface area contributed by atoms with Crippen molar-refractivity contribution in [1.82, 2.24) is 14.9 Å². The summed E-state index contributed by atoms with van der Waals surface area (Å²) >= 11 is 0. The third kappa shape index (κ3) is 4.02. The SMILES string of the molecule is Cc1cc(C)cc(C(=O)N2CCC3(CC2)COCCN(c2ncccn2)C3)c1. The van der Waals surface area contributed by atoms with E-state index in [9.17, 15) is 4.79 Å². The van der Waals surface area contributed by atoms with Crippen LogP contribution in [0.2, 0.25) is 0 Å². The van der Waals surface area contributed by atoms with Gasteiger partial charge in [-0.2, -0.15) is 0 Å². The Kier molecular flexibility index (Phi) is 5.31. The van der Waals surface area contributed by atoms with Crippen LogP contribution in [0.25, 0.3) is 0 Å². The van der Waals surface area contributed by atoms with E-state index in [2.05, 4.69) is 20.9 Å². The number of hydrogen-bond donors (Lipinski definition) is 0. The number of aryl methyl sites for hydroxylation is 2. The lowest BCUT2D eigenvalue weighted by Gasteiger charge is -2.42. The second-order valence-electron chi connectivity index (χ2n) is 8.19. The van der Waals surface area contributed by atoms with Crippen molar-refractivity contribution in [3.8, 4) is 0 Å². The van der Waals surface area contributed by atoms with Gasteiger partial charge in [0.15, 0.2) is 0 Å². The van der Waals surface area contributed by atoms with Gasteiger partial charge in [-0.15, -0.1) is 0 Å². The lowest BCUT2D eigenvalue weighted by molar-refractivity contribution is 0.0207. The largest absolute Gasteiger partial charge is 0.379 e. The van der Waals surface area contributed by atoms with Crippen LogP contribution in [0.15, 0.2) is 36.7 Å². The van der Waals surface area contributed by atoms with Crippen molar-refractivity contribution < 1.29 is 9.53 Å². The Labute approximate surface area is 166 Å². The number of carbonyl (C=O) groups is 1. The highest BCUT2D eigenvalue weighted by molar-refractivity contribution is 5.94. The molecule has 0 atom stereocenters. The molecule has 0 aliphatic carbocycles. The van der Waals surface area contributed by atoms with E-state index in [0.717, 1.165) is 68.3 Å². The van der Waals surface area contributed by atoms with Gasteiger partial charge >= 0.3 is 0 Å². The van der Waals surface area contributed by atoms with Gasteiger partial charge in [0, 0.05) is 49.6 Å². The fourth-order valence-corrected chi connectivity index (χ4v) is 4.39. The van der Waals surface area contributed by atoms with Crippen molar-refractivity contribution in [3.63, 3.8) is 0 Å². The van der Waals surface area contributed by atoms with Crippen LogP contribution in [0.1, 0.15) is 34.3 Å². The monoisotopic (exact) mass is 380 g/mol. The van der Waals surface area contributed by atoms with Gasteiger partial charge in [0.05, 0.1) is 13.2 Å². The standard InChI is InChI=1S/C22H28N4O2/c1-17-12-18(2)14-19(13-17)20(27)25-8-4-22(5-9-25)15-26(10-11-28-16-22)21-23-6-3-7-24-21/h3,6-7,12-14H,4-5,8-11,15-16H2,1-2H3. The van der Waals surface area contributed by atoms with Crippen LogP contribution in [0.5, 0.6) is 0 Å². The van der Waals surface area contributed by atoms with Gasteiger partial charge < -0.3 is 14.5 Å². The minimum absolute atomic E-state index is 0.0506. The van der Waals surface area contributed by atoms with Gasteiger partial charge in [0.2, 0.25) is 5.95 Å². The Morgan fingerprint density at radius 2 is 1.71 bits per heavy atom. The molecule has 1 aromatic heterocycles. The lowest BCUT2D eigenvalue weighted by atomic mass is 9.78. The second-order valence-corrected chi connectivity index (χ2v) is 8.19. The summed E-state index contributed by atoms with van der Waals surface area (Å²) in [6.07, 6.45) is 5.44. The number of amides is 1. The number of benzene rings is 1. The molecule has 0 unspecified atom stereocenters. The molecule has 6 heteroatoms. The maximum Gasteiger partial charge on any atom is 0.253 e. The van der Waals surface area contributed by atoms with Gasteiger partial charge in [-0.05, 0) is 44.9 Å². The van der Waals surface area contributed by atoms with E-state index in [1.54, 1.807) is 12.4 Å². The normalized spacial score (nSPS) is 19.5. The van der Waals surface area contributed by atoms with Crippen molar-refractivity contribution in [1.29, 1.82) is 0 Å². The molecule has 28 heavy (non-hydrogen) atoms. The molecular formula is C22H28N4O2. The maximum absolute atomic E-state index is 13.0. The van der Waals surface area contributed by atoms with E-state index in [1.807, 2.05) is 36.9 Å². The third-order valence-corrected chi connectivity index (χ3v) is 5.86. The van der Waals surface area contributed by atoms with E-state index in [4.69, 9.17) is 4.74 Å². The number of hydrogen-bond acceptors (Lipinski definition) is 5. The van der Waals surface area contributed by atoms with E-state index in [0.29, 0.717) is 6.61 Å². The fourth-order valence-electron chi connectivity index (χ4n) is 4.39. The molecule has 4 rings (SSSR count). The van der Waals surface area contributed by atoms with Crippen molar-refractivity contribution >= 4 is 11.9 Å². The minimum Gasteiger partial charge on any atom is -0.379 e. The summed E-state index contributed by atoms with van der Waals surface area (Å²) in [5.74, 6) is 0.903. The number of nitrogens with zero attached hydrogens (tertiary/aromatic N) is 4. The van der Waals surface area contributed by atoms with Crippen LogP contribution in [0.3, 0.4) is 0 Å². The molecular weight excluding hydrogens is 352 g/mol. The molecule has 2 aliphatic rings. The molecule has 2 fully saturated rings. The second kappa shape index (κ2) is 7.87. The number of piperidine rings is 1. The van der Waals surface area contributed by atoms with Crippen molar-refractivity contribution in [3.05, 3.63) is 53.3 Å². The van der Waals surface area contributed by atoms with Gasteiger partial charge in [0.1, 0.15) is 0 Å². The smallest absolute Gasteiger partial charge is 0.253 e. The number of aromatic nitrogens is 2. The molecule has 1 aromatic carbocycles. The molecule has 148 valence electrons. The summed E-state index contributed by atoms with van der Waals surface area (Å²) in [7, 11) is 0. The topological polar surface area (TPSA) is 58.6 Å². The first-order valence-corrected chi connectivity index (χ1v) is 10.0. The summed E-state index contributed by atoms with van der Waals surface area (Å²) in [4.78, 5) is 26.0. The minimum atomic E-state index is 0.0506. The average Bonchev–Trinajstić information content (AvgIpc) is 2.91. The van der Waals surface area contributed by atoms with E-state index in [-0.39, 0.29) is 11.3 Å². The van der Waals surface area contributed by atoms with Gasteiger partial charge in [-0.25, -0.2) is 9.97 Å². The number of rotatable bonds is 2. The summed E-state index contributed by atoms with van der Waals surface area (Å²) in [5, 5.41) is 0. The number of anilines is 1. The molecule has 1 spiro atoms. The Balaban J connectivity index is 1.45. The van der Waals surface area contributed by atoms with Crippen LogP contribution in [0, 0.1) is 19.3 Å². The zero-order chi connectivity index (χ0) is 19.6. The zero-order valence-electron chi connectivity index (χ0n) is 16.7. The van der Waals surface area contributed by atoms with E-state index >= 15 is 0 Å². The predicted molar refractivity (Wildman–Crippen MR) is 109 cm³/mol. The highest BCUT2D eigenvalue weighted by Gasteiger charge is 2.39. The van der Waals surface area contributed by atoms with Crippen LogP contribution in [-0.4, -0.2) is 60.2 Å². The quantitative estimate of drug-likeness (QED) is 0.802. The predicted octanol–water partition coefficient (Wildman–Crippen LogP) is 2.85. The molecule has 2 aliphatic heterocycles. The first-order chi connectivity index (χ1) is 13.5.